The summed E-state index contributed by atoms with van der Waals surface area (Å²) in [4.78, 5) is 36.8. The number of nitrogens with one attached hydrogen (secondary N) is 2. The number of rotatable bonds is 9. The Morgan fingerprint density at radius 3 is 2.64 bits per heavy atom. The van der Waals surface area contributed by atoms with Gasteiger partial charge in [0.2, 0.25) is 0 Å². The average Bonchev–Trinajstić information content (AvgIpc) is 2.96. The van der Waals surface area contributed by atoms with Gasteiger partial charge in [-0.05, 0) is 30.9 Å². The molecule has 1 fully saturated rings. The van der Waals surface area contributed by atoms with Gasteiger partial charge in [-0.1, -0.05) is 41.4 Å². The van der Waals surface area contributed by atoms with Crippen LogP contribution in [0.3, 0.4) is 0 Å². The summed E-state index contributed by atoms with van der Waals surface area (Å²) in [7, 11) is 0. The Morgan fingerprint density at radius 2 is 2.03 bits per heavy atom. The first-order valence-corrected chi connectivity index (χ1v) is 12.8. The van der Waals surface area contributed by atoms with E-state index in [4.69, 9.17) is 48.8 Å². The number of carbonyl (C=O) groups is 1. The van der Waals surface area contributed by atoms with E-state index in [0.29, 0.717) is 5.75 Å². The fourth-order valence-corrected chi connectivity index (χ4v) is 5.91. The minimum absolute atomic E-state index is 0.334. The summed E-state index contributed by atoms with van der Waals surface area (Å²) in [5.74, 6) is -0.847. The normalized spacial score (nSPS) is 24.7. The second-order valence-corrected chi connectivity index (χ2v) is 11.6. The van der Waals surface area contributed by atoms with Crippen molar-refractivity contribution in [2.24, 2.45) is 0 Å². The van der Waals surface area contributed by atoms with Crippen molar-refractivity contribution in [1.29, 1.82) is 0 Å². The smallest absolute Gasteiger partial charge is 0.330 e. The first kappa shape index (κ1) is 25.9. The number of hydrogen-bond donors (Lipinski definition) is 4. The zero-order valence-corrected chi connectivity index (χ0v) is 20.2. The Balaban J connectivity index is 1.80. The SMILES string of the molecule is CC(NP(=S)(OC[C@H]1O[C@@H](n2ccc(=O)[nH]c2=O)C(Cl)(Cl)[C@@H]1O)Oc1ccccc1)C(=O)O. The van der Waals surface area contributed by atoms with E-state index in [2.05, 4.69) is 5.09 Å². The highest BCUT2D eigenvalue weighted by Crippen LogP contribution is 2.49. The molecule has 4 N–H and O–H groups in total. The van der Waals surface area contributed by atoms with Crippen LogP contribution in [-0.4, -0.2) is 54.9 Å². The number of aliphatic hydroxyl groups excluding tert-OH is 1. The van der Waals surface area contributed by atoms with Crippen molar-refractivity contribution >= 4 is 47.6 Å². The molecule has 0 radical (unpaired) electrons. The number of H-pyrrole nitrogens is 1. The summed E-state index contributed by atoms with van der Waals surface area (Å²) in [5.41, 5.74) is -1.48. The maximum absolute atomic E-state index is 12.1. The van der Waals surface area contributed by atoms with Crippen molar-refractivity contribution in [2.75, 3.05) is 6.61 Å². The molecule has 1 aliphatic heterocycles. The predicted octanol–water partition coefficient (Wildman–Crippen LogP) is 1.35. The number of halogens is 2. The quantitative estimate of drug-likeness (QED) is 0.271. The van der Waals surface area contributed by atoms with Crippen molar-refractivity contribution in [3.05, 3.63) is 63.4 Å². The van der Waals surface area contributed by atoms with E-state index >= 15 is 0 Å². The van der Waals surface area contributed by atoms with Crippen LogP contribution in [0.15, 0.2) is 52.2 Å². The van der Waals surface area contributed by atoms with Crippen LogP contribution in [0.1, 0.15) is 13.2 Å². The molecule has 11 nitrogen and oxygen atoms in total. The van der Waals surface area contributed by atoms with Gasteiger partial charge in [-0.15, -0.1) is 0 Å². The first-order valence-electron chi connectivity index (χ1n) is 9.45. The molecule has 2 aromatic rings. The van der Waals surface area contributed by atoms with Crippen molar-refractivity contribution in [1.82, 2.24) is 14.6 Å². The van der Waals surface area contributed by atoms with E-state index in [1.165, 1.54) is 6.92 Å². The van der Waals surface area contributed by atoms with Gasteiger partial charge in [0.25, 0.3) is 5.56 Å². The summed E-state index contributed by atoms with van der Waals surface area (Å²) in [6.07, 6.45) is -2.96. The molecule has 0 spiro atoms. The highest BCUT2D eigenvalue weighted by molar-refractivity contribution is 8.09. The van der Waals surface area contributed by atoms with Gasteiger partial charge in [0.05, 0.1) is 6.61 Å². The maximum Gasteiger partial charge on any atom is 0.330 e. The second kappa shape index (κ2) is 10.2. The van der Waals surface area contributed by atoms with E-state index in [1.807, 2.05) is 4.98 Å². The first-order chi connectivity index (χ1) is 15.4. The Bertz CT molecular complexity index is 1160. The van der Waals surface area contributed by atoms with E-state index in [0.717, 1.165) is 16.8 Å². The molecule has 0 aliphatic carbocycles. The fourth-order valence-electron chi connectivity index (χ4n) is 2.89. The highest BCUT2D eigenvalue weighted by atomic mass is 35.5. The van der Waals surface area contributed by atoms with Gasteiger partial charge in [0.1, 0.15) is 24.0 Å². The predicted molar refractivity (Wildman–Crippen MR) is 123 cm³/mol. The number of aromatic amines is 1. The largest absolute Gasteiger partial charge is 0.480 e. The van der Waals surface area contributed by atoms with E-state index in [1.54, 1.807) is 30.3 Å². The monoisotopic (exact) mass is 539 g/mol. The summed E-state index contributed by atoms with van der Waals surface area (Å²) in [6, 6.07) is 8.32. The van der Waals surface area contributed by atoms with Crippen molar-refractivity contribution in [3.63, 3.8) is 0 Å². The Morgan fingerprint density at radius 1 is 1.36 bits per heavy atom. The van der Waals surface area contributed by atoms with Crippen molar-refractivity contribution in [2.45, 2.75) is 35.7 Å². The summed E-state index contributed by atoms with van der Waals surface area (Å²) < 4.78 is 16.1. The van der Waals surface area contributed by atoms with Gasteiger partial charge in [-0.2, -0.15) is 0 Å². The van der Waals surface area contributed by atoms with E-state index < -0.39 is 59.3 Å². The number of alkyl halides is 2. The third-order valence-corrected chi connectivity index (χ3v) is 7.90. The van der Waals surface area contributed by atoms with Gasteiger partial charge >= 0.3 is 18.3 Å². The number of benzene rings is 1. The van der Waals surface area contributed by atoms with Crippen LogP contribution in [-0.2, 0) is 25.9 Å². The summed E-state index contributed by atoms with van der Waals surface area (Å²) >= 11 is 18.0. The van der Waals surface area contributed by atoms with Crippen LogP contribution in [0, 0.1) is 0 Å². The lowest BCUT2D eigenvalue weighted by molar-refractivity contribution is -0.138. The number of ether oxygens (including phenoxy) is 1. The molecule has 33 heavy (non-hydrogen) atoms. The number of aliphatic hydroxyl groups is 1. The lowest BCUT2D eigenvalue weighted by atomic mass is 10.2. The van der Waals surface area contributed by atoms with Gasteiger partial charge in [-0.3, -0.25) is 19.1 Å². The lowest BCUT2D eigenvalue weighted by Crippen LogP contribution is -2.41. The zero-order valence-electron chi connectivity index (χ0n) is 17.0. The third-order valence-electron chi connectivity index (χ3n) is 4.58. The molecule has 5 atom stereocenters. The summed E-state index contributed by atoms with van der Waals surface area (Å²) in [5, 5.41) is 22.5. The minimum Gasteiger partial charge on any atom is -0.480 e. The zero-order chi connectivity index (χ0) is 24.4. The molecule has 0 amide bonds. The second-order valence-electron chi connectivity index (χ2n) is 7.05. The van der Waals surface area contributed by atoms with Crippen LogP contribution >= 0.6 is 29.8 Å². The third kappa shape index (κ3) is 6.03. The van der Waals surface area contributed by atoms with Crippen molar-refractivity contribution in [3.8, 4) is 5.75 Å². The standard InChI is InChI=1S/C18H20Cl2N3O8PS/c1-10(15(26)27)22-32(33,31-11-5-3-2-4-6-11)29-9-12-14(25)18(19,20)16(30-12)23-8-7-13(24)21-17(23)28/h2-8,10,12,14,16,25H,9H2,1H3,(H,22,33)(H,26,27)(H,21,24,28)/t10?,12-,14-,16-,32?/m1/s1. The van der Waals surface area contributed by atoms with Crippen LogP contribution in [0.5, 0.6) is 5.75 Å². The molecule has 0 saturated carbocycles. The van der Waals surface area contributed by atoms with E-state index in [9.17, 15) is 24.6 Å². The van der Waals surface area contributed by atoms with Crippen molar-refractivity contribution < 1.29 is 28.8 Å². The maximum atomic E-state index is 12.1. The minimum atomic E-state index is -3.47. The Kier molecular flexibility index (Phi) is 8.03. The highest BCUT2D eigenvalue weighted by Gasteiger charge is 2.56. The summed E-state index contributed by atoms with van der Waals surface area (Å²) in [6.45, 7) is -2.51. The molecule has 1 aromatic carbocycles. The van der Waals surface area contributed by atoms with Gasteiger partial charge in [0, 0.05) is 12.3 Å². The Labute approximate surface area is 202 Å². The molecule has 3 rings (SSSR count). The fraction of sp³-hybridized carbons (Fsp3) is 0.389. The number of carboxylic acids is 1. The number of carboxylic acid groups (broad SMARTS) is 1. The molecule has 0 bridgehead atoms. The van der Waals surface area contributed by atoms with Gasteiger partial charge < -0.3 is 24.0 Å². The van der Waals surface area contributed by atoms with Crippen LogP contribution in [0.4, 0.5) is 0 Å². The number of nitrogens with zero attached hydrogens (tertiary/aromatic N) is 1. The molecular formula is C18H20Cl2N3O8PS. The van der Waals surface area contributed by atoms with Gasteiger partial charge in [0.15, 0.2) is 10.6 Å². The number of aromatic nitrogens is 2. The molecule has 2 unspecified atom stereocenters. The topological polar surface area (TPSA) is 152 Å². The molecule has 1 aliphatic rings. The number of aliphatic carboxylic acids is 1. The Hall–Kier alpha value is -1.76. The van der Waals surface area contributed by atoms with Crippen LogP contribution in [0.25, 0.3) is 0 Å². The van der Waals surface area contributed by atoms with Gasteiger partial charge in [-0.25, -0.2) is 9.88 Å². The molecule has 1 aromatic heterocycles. The number of hydrogen-bond acceptors (Lipinski definition) is 8. The molecule has 1 saturated heterocycles. The van der Waals surface area contributed by atoms with Crippen LogP contribution in [0.2, 0.25) is 0 Å². The van der Waals surface area contributed by atoms with Crippen LogP contribution < -0.4 is 20.9 Å². The average molecular weight is 540 g/mol. The molecular weight excluding hydrogens is 520 g/mol. The molecule has 2 heterocycles. The lowest BCUT2D eigenvalue weighted by Gasteiger charge is -2.27. The molecule has 180 valence electrons. The van der Waals surface area contributed by atoms with E-state index in [-0.39, 0.29) is 0 Å². The molecule has 15 heteroatoms. The number of para-hydroxylation sites is 1.